The number of carbonyl (C=O) groups excluding carboxylic acids is 1. The summed E-state index contributed by atoms with van der Waals surface area (Å²) in [7, 11) is 0. The lowest BCUT2D eigenvalue weighted by atomic mass is 10.2. The van der Waals surface area contributed by atoms with Gasteiger partial charge >= 0.3 is 0 Å². The Morgan fingerprint density at radius 3 is 2.83 bits per heavy atom. The zero-order valence-corrected chi connectivity index (χ0v) is 11.7. The Balaban J connectivity index is 0.000000771. The van der Waals surface area contributed by atoms with Crippen LogP contribution in [-0.4, -0.2) is 22.9 Å². The van der Waals surface area contributed by atoms with Crippen molar-refractivity contribution in [1.82, 2.24) is 0 Å². The molecule has 0 aromatic carbocycles. The summed E-state index contributed by atoms with van der Waals surface area (Å²) < 4.78 is 2.00. The van der Waals surface area contributed by atoms with Crippen LogP contribution in [0.2, 0.25) is 0 Å². The van der Waals surface area contributed by atoms with Gasteiger partial charge in [0.2, 0.25) is 5.37 Å². The van der Waals surface area contributed by atoms with Crippen molar-refractivity contribution < 1.29 is 14.5 Å². The van der Waals surface area contributed by atoms with E-state index in [1.165, 1.54) is 0 Å². The van der Waals surface area contributed by atoms with Gasteiger partial charge in [-0.1, -0.05) is 25.6 Å². The Morgan fingerprint density at radius 2 is 2.28 bits per heavy atom. The largest absolute Gasteiger partial charge is 0.395 e. The number of rotatable bonds is 3. The van der Waals surface area contributed by atoms with E-state index in [4.69, 9.17) is 10.8 Å². The molecular formula is C13H21N2O2S+. The van der Waals surface area contributed by atoms with Crippen LogP contribution < -0.4 is 10.3 Å². The lowest BCUT2D eigenvalue weighted by molar-refractivity contribution is -0.699. The molecule has 0 bridgehead atoms. The second-order valence-corrected chi connectivity index (χ2v) is 5.36. The Morgan fingerprint density at radius 1 is 1.56 bits per heavy atom. The van der Waals surface area contributed by atoms with Crippen molar-refractivity contribution in [3.8, 4) is 0 Å². The van der Waals surface area contributed by atoms with Crippen molar-refractivity contribution in [2.45, 2.75) is 37.3 Å². The first kappa shape index (κ1) is 15.0. The van der Waals surface area contributed by atoms with Crippen molar-refractivity contribution in [1.29, 1.82) is 0 Å². The second-order valence-electron chi connectivity index (χ2n) is 3.88. The van der Waals surface area contributed by atoms with Gasteiger partial charge in [0.1, 0.15) is 5.56 Å². The highest BCUT2D eigenvalue weighted by atomic mass is 32.2. The van der Waals surface area contributed by atoms with E-state index >= 15 is 0 Å². The van der Waals surface area contributed by atoms with Crippen LogP contribution in [0.4, 0.5) is 0 Å². The number of thioether (sulfide) groups is 1. The van der Waals surface area contributed by atoms with Crippen molar-refractivity contribution >= 4 is 17.7 Å². The van der Waals surface area contributed by atoms with E-state index in [9.17, 15) is 4.79 Å². The number of aliphatic hydroxyl groups is 1. The summed E-state index contributed by atoms with van der Waals surface area (Å²) in [5.74, 6) is -0.406. The zero-order valence-electron chi connectivity index (χ0n) is 10.9. The fourth-order valence-electron chi connectivity index (χ4n) is 1.86. The highest BCUT2D eigenvalue weighted by Crippen LogP contribution is 2.37. The number of primary amides is 1. The molecule has 0 saturated carbocycles. The van der Waals surface area contributed by atoms with Gasteiger partial charge in [0.05, 0.1) is 6.61 Å². The number of nitrogens with two attached hydrogens (primary N) is 1. The molecule has 18 heavy (non-hydrogen) atoms. The topological polar surface area (TPSA) is 67.2 Å². The van der Waals surface area contributed by atoms with E-state index < -0.39 is 5.91 Å². The van der Waals surface area contributed by atoms with E-state index in [-0.39, 0.29) is 6.61 Å². The number of aromatic nitrogens is 1. The predicted octanol–water partition coefficient (Wildman–Crippen LogP) is 1.49. The number of amides is 1. The number of pyridine rings is 1. The first-order chi connectivity index (χ1) is 8.70. The summed E-state index contributed by atoms with van der Waals surface area (Å²) in [6.45, 7) is 4.22. The van der Waals surface area contributed by atoms with Crippen LogP contribution >= 0.6 is 11.8 Å². The third-order valence-corrected chi connectivity index (χ3v) is 4.29. The van der Waals surface area contributed by atoms with E-state index in [0.29, 0.717) is 16.2 Å². The highest BCUT2D eigenvalue weighted by Gasteiger charge is 2.31. The van der Waals surface area contributed by atoms with Crippen LogP contribution in [-0.2, 0) is 0 Å². The van der Waals surface area contributed by atoms with Gasteiger partial charge < -0.3 is 10.8 Å². The number of aliphatic hydroxyl groups excluding tert-OH is 1. The maximum atomic E-state index is 11.1. The molecule has 5 heteroatoms. The summed E-state index contributed by atoms with van der Waals surface area (Å²) in [5, 5.41) is 9.69. The fraction of sp³-hybridized carbons (Fsp3) is 0.538. The van der Waals surface area contributed by atoms with E-state index in [0.717, 1.165) is 12.8 Å². The average Bonchev–Trinajstić information content (AvgIpc) is 2.90. The number of hydrogen-bond acceptors (Lipinski definition) is 3. The van der Waals surface area contributed by atoms with Crippen molar-refractivity contribution in [3.05, 3.63) is 30.1 Å². The molecule has 1 amide bonds. The summed E-state index contributed by atoms with van der Waals surface area (Å²) in [5.41, 5.74) is 5.76. The van der Waals surface area contributed by atoms with Crippen LogP contribution in [0, 0.1) is 0 Å². The number of hydrogen-bond donors (Lipinski definition) is 2. The minimum Gasteiger partial charge on any atom is -0.395 e. The van der Waals surface area contributed by atoms with Crippen LogP contribution in [0.1, 0.15) is 42.4 Å². The smallest absolute Gasteiger partial charge is 0.254 e. The molecule has 4 nitrogen and oxygen atoms in total. The molecule has 1 saturated heterocycles. The third kappa shape index (κ3) is 3.71. The van der Waals surface area contributed by atoms with Gasteiger partial charge in [-0.05, 0) is 12.5 Å². The summed E-state index contributed by atoms with van der Waals surface area (Å²) in [6.07, 6.45) is 5.74. The molecule has 100 valence electrons. The third-order valence-electron chi connectivity index (χ3n) is 2.73. The minimum absolute atomic E-state index is 0.219. The van der Waals surface area contributed by atoms with Crippen molar-refractivity contribution in [3.63, 3.8) is 0 Å². The van der Waals surface area contributed by atoms with Crippen LogP contribution in [0.25, 0.3) is 0 Å². The van der Waals surface area contributed by atoms with Gasteiger partial charge in [0.25, 0.3) is 5.91 Å². The van der Waals surface area contributed by atoms with E-state index in [2.05, 4.69) is 0 Å². The Hall–Kier alpha value is -1.07. The molecule has 2 unspecified atom stereocenters. The molecule has 1 aromatic rings. The SMILES string of the molecule is CC.NC(=O)c1ccc[n+](C2CCC(CO)S2)c1. The zero-order chi connectivity index (χ0) is 13.5. The van der Waals surface area contributed by atoms with E-state index in [1.807, 2.05) is 30.7 Å². The molecule has 1 fully saturated rings. The first-order valence-electron chi connectivity index (χ1n) is 6.27. The maximum Gasteiger partial charge on any atom is 0.254 e. The maximum absolute atomic E-state index is 11.1. The second kappa shape index (κ2) is 7.38. The first-order valence-corrected chi connectivity index (χ1v) is 7.22. The molecule has 1 aromatic heterocycles. The molecule has 2 atom stereocenters. The molecule has 0 radical (unpaired) electrons. The van der Waals surface area contributed by atoms with Crippen LogP contribution in [0.5, 0.6) is 0 Å². The number of carbonyl (C=O) groups is 1. The highest BCUT2D eigenvalue weighted by molar-refractivity contribution is 8.00. The van der Waals surface area contributed by atoms with Crippen molar-refractivity contribution in [2.24, 2.45) is 5.73 Å². The van der Waals surface area contributed by atoms with Gasteiger partial charge in [-0.25, -0.2) is 0 Å². The Labute approximate surface area is 112 Å². The van der Waals surface area contributed by atoms with Gasteiger partial charge in [-0.3, -0.25) is 4.79 Å². The van der Waals surface area contributed by atoms with Crippen molar-refractivity contribution in [2.75, 3.05) is 6.61 Å². The van der Waals surface area contributed by atoms with Gasteiger partial charge in [0, 0.05) is 17.7 Å². The fourth-order valence-corrected chi connectivity index (χ4v) is 3.20. The molecule has 3 N–H and O–H groups in total. The quantitative estimate of drug-likeness (QED) is 0.817. The lowest BCUT2D eigenvalue weighted by Crippen LogP contribution is -2.37. The van der Waals surface area contributed by atoms with Gasteiger partial charge in [0.15, 0.2) is 12.4 Å². The molecular weight excluding hydrogens is 248 g/mol. The molecule has 1 aliphatic rings. The van der Waals surface area contributed by atoms with Gasteiger partial charge in [-0.2, -0.15) is 4.57 Å². The van der Waals surface area contributed by atoms with Gasteiger partial charge in [-0.15, -0.1) is 0 Å². The number of nitrogens with zero attached hydrogens (tertiary/aromatic N) is 1. The molecule has 1 aliphatic heterocycles. The molecule has 2 rings (SSSR count). The van der Waals surface area contributed by atoms with Crippen LogP contribution in [0.3, 0.4) is 0 Å². The summed E-state index contributed by atoms with van der Waals surface area (Å²) >= 11 is 1.75. The Kier molecular flexibility index (Phi) is 6.15. The molecule has 2 heterocycles. The lowest BCUT2D eigenvalue weighted by Gasteiger charge is -2.05. The average molecular weight is 269 g/mol. The predicted molar refractivity (Wildman–Crippen MR) is 73.2 cm³/mol. The monoisotopic (exact) mass is 269 g/mol. The van der Waals surface area contributed by atoms with Crippen LogP contribution in [0.15, 0.2) is 24.5 Å². The Bertz CT molecular complexity index is 398. The van der Waals surface area contributed by atoms with E-state index in [1.54, 1.807) is 24.0 Å². The normalized spacial score (nSPS) is 22.2. The standard InChI is InChI=1S/C11H14N2O2S.C2H6/c12-11(15)8-2-1-5-13(6-8)10-4-3-9(7-14)16-10;1-2/h1-2,5-6,9-10,14H,3-4,7H2,(H-,12,15);1-2H3/p+1. The molecule has 0 aliphatic carbocycles. The molecule has 0 spiro atoms. The summed E-state index contributed by atoms with van der Waals surface area (Å²) in [6, 6.07) is 3.54. The summed E-state index contributed by atoms with van der Waals surface area (Å²) in [4.78, 5) is 11.1. The minimum atomic E-state index is -0.406.